The molecule has 3 aliphatic carbocycles. The van der Waals surface area contributed by atoms with Crippen molar-refractivity contribution < 1.29 is 9.47 Å². The Morgan fingerprint density at radius 3 is 2.48 bits per heavy atom. The highest BCUT2D eigenvalue weighted by Crippen LogP contribution is 2.51. The zero-order valence-electron chi connectivity index (χ0n) is 13.6. The maximum Gasteiger partial charge on any atom is 0.197 e. The largest absolute Gasteiger partial charge is 0.465 e. The fourth-order valence-electron chi connectivity index (χ4n) is 3.95. The molecule has 0 saturated heterocycles. The third kappa shape index (κ3) is 3.26. The van der Waals surface area contributed by atoms with Crippen LogP contribution in [-0.2, 0) is 4.74 Å². The summed E-state index contributed by atoms with van der Waals surface area (Å²) in [4.78, 5) is 0. The van der Waals surface area contributed by atoms with E-state index in [0.29, 0.717) is 5.92 Å². The fourth-order valence-corrected chi connectivity index (χ4v) is 3.95. The van der Waals surface area contributed by atoms with Gasteiger partial charge in [0.15, 0.2) is 6.29 Å². The number of fused-ring (bicyclic) bond motifs is 2. The number of hydrogen-bond acceptors (Lipinski definition) is 2. The summed E-state index contributed by atoms with van der Waals surface area (Å²) in [6, 6.07) is 8.50. The lowest BCUT2D eigenvalue weighted by Crippen LogP contribution is -2.51. The Balaban J connectivity index is 1.54. The SMILES string of the molecule is CCC(C)c1ccc(OC(C)OC23CCCC(C2)C3)cc1. The summed E-state index contributed by atoms with van der Waals surface area (Å²) < 4.78 is 12.2. The number of rotatable bonds is 6. The van der Waals surface area contributed by atoms with Gasteiger partial charge in [0.25, 0.3) is 0 Å². The molecule has 1 aromatic rings. The van der Waals surface area contributed by atoms with Crippen molar-refractivity contribution in [3.8, 4) is 5.75 Å². The van der Waals surface area contributed by atoms with Crippen LogP contribution in [0, 0.1) is 5.92 Å². The predicted octanol–water partition coefficient (Wildman–Crippen LogP) is 5.27. The summed E-state index contributed by atoms with van der Waals surface area (Å²) in [5, 5.41) is 0. The normalized spacial score (nSPS) is 30.3. The first-order valence-electron chi connectivity index (χ1n) is 8.55. The highest BCUT2D eigenvalue weighted by molar-refractivity contribution is 5.29. The Morgan fingerprint density at radius 1 is 1.19 bits per heavy atom. The number of ether oxygens (including phenoxy) is 2. The summed E-state index contributed by atoms with van der Waals surface area (Å²) in [7, 11) is 0. The highest BCUT2D eigenvalue weighted by atomic mass is 16.7. The van der Waals surface area contributed by atoms with Gasteiger partial charge in [-0.25, -0.2) is 0 Å². The highest BCUT2D eigenvalue weighted by Gasteiger charge is 2.49. The average molecular weight is 288 g/mol. The van der Waals surface area contributed by atoms with E-state index in [1.165, 1.54) is 44.1 Å². The van der Waals surface area contributed by atoms with E-state index >= 15 is 0 Å². The van der Waals surface area contributed by atoms with Crippen molar-refractivity contribution in [1.82, 2.24) is 0 Å². The minimum Gasteiger partial charge on any atom is -0.465 e. The van der Waals surface area contributed by atoms with E-state index < -0.39 is 0 Å². The van der Waals surface area contributed by atoms with Crippen molar-refractivity contribution in [2.45, 2.75) is 77.1 Å². The van der Waals surface area contributed by atoms with Crippen molar-refractivity contribution in [2.24, 2.45) is 5.92 Å². The van der Waals surface area contributed by atoms with Crippen molar-refractivity contribution >= 4 is 0 Å². The maximum atomic E-state index is 6.23. The Hall–Kier alpha value is -1.02. The molecule has 2 heteroatoms. The van der Waals surface area contributed by atoms with Crippen molar-refractivity contribution in [1.29, 1.82) is 0 Å². The van der Waals surface area contributed by atoms with Crippen LogP contribution in [0.2, 0.25) is 0 Å². The van der Waals surface area contributed by atoms with Crippen LogP contribution in [0.1, 0.15) is 70.8 Å². The summed E-state index contributed by atoms with van der Waals surface area (Å²) in [6.07, 6.45) is 7.44. The van der Waals surface area contributed by atoms with Gasteiger partial charge >= 0.3 is 0 Å². The number of benzene rings is 1. The van der Waals surface area contributed by atoms with Gasteiger partial charge in [0.1, 0.15) is 5.75 Å². The molecule has 2 atom stereocenters. The molecule has 21 heavy (non-hydrogen) atoms. The molecule has 4 rings (SSSR count). The summed E-state index contributed by atoms with van der Waals surface area (Å²) >= 11 is 0. The van der Waals surface area contributed by atoms with Crippen molar-refractivity contribution in [3.05, 3.63) is 29.8 Å². The van der Waals surface area contributed by atoms with Crippen LogP contribution in [0.15, 0.2) is 24.3 Å². The van der Waals surface area contributed by atoms with E-state index in [2.05, 4.69) is 38.1 Å². The molecule has 1 aromatic carbocycles. The van der Waals surface area contributed by atoms with Gasteiger partial charge in [0.05, 0.1) is 5.60 Å². The van der Waals surface area contributed by atoms with Crippen LogP contribution >= 0.6 is 0 Å². The van der Waals surface area contributed by atoms with Gasteiger partial charge in [-0.1, -0.05) is 38.8 Å². The third-order valence-corrected chi connectivity index (χ3v) is 5.35. The molecule has 2 unspecified atom stereocenters. The summed E-state index contributed by atoms with van der Waals surface area (Å²) in [6.45, 7) is 6.51. The Kier molecular flexibility index (Phi) is 4.26. The molecule has 3 fully saturated rings. The van der Waals surface area contributed by atoms with Gasteiger partial charge in [-0.2, -0.15) is 0 Å². The van der Waals surface area contributed by atoms with Gasteiger partial charge in [0.2, 0.25) is 0 Å². The first-order valence-corrected chi connectivity index (χ1v) is 8.55. The van der Waals surface area contributed by atoms with E-state index in [1.54, 1.807) is 0 Å². The van der Waals surface area contributed by atoms with Crippen molar-refractivity contribution in [3.63, 3.8) is 0 Å². The van der Waals surface area contributed by atoms with Crippen LogP contribution in [0.3, 0.4) is 0 Å². The molecule has 0 radical (unpaired) electrons. The van der Waals surface area contributed by atoms with Gasteiger partial charge in [-0.3, -0.25) is 0 Å². The topological polar surface area (TPSA) is 18.5 Å². The molecule has 0 heterocycles. The van der Waals surface area contributed by atoms with Crippen LogP contribution in [0.5, 0.6) is 5.75 Å². The molecule has 0 amide bonds. The molecular formula is C19H28O2. The molecule has 2 bridgehead atoms. The molecular weight excluding hydrogens is 260 g/mol. The van der Waals surface area contributed by atoms with Gasteiger partial charge < -0.3 is 9.47 Å². The van der Waals surface area contributed by atoms with E-state index in [-0.39, 0.29) is 11.9 Å². The summed E-state index contributed by atoms with van der Waals surface area (Å²) in [5.41, 5.74) is 1.52. The zero-order chi connectivity index (χ0) is 14.9. The smallest absolute Gasteiger partial charge is 0.197 e. The Bertz CT molecular complexity index is 453. The molecule has 0 spiro atoms. The molecule has 116 valence electrons. The van der Waals surface area contributed by atoms with Crippen molar-refractivity contribution in [2.75, 3.05) is 0 Å². The molecule has 2 nitrogen and oxygen atoms in total. The lowest BCUT2D eigenvalue weighted by Gasteiger charge is -2.52. The average Bonchev–Trinajstić information content (AvgIpc) is 2.46. The van der Waals surface area contributed by atoms with Crippen LogP contribution < -0.4 is 4.74 Å². The van der Waals surface area contributed by atoms with E-state index in [9.17, 15) is 0 Å². The minimum atomic E-state index is -0.154. The predicted molar refractivity (Wildman–Crippen MR) is 85.6 cm³/mol. The van der Waals surface area contributed by atoms with Crippen LogP contribution in [0.4, 0.5) is 0 Å². The first-order chi connectivity index (χ1) is 10.1. The lowest BCUT2D eigenvalue weighted by atomic mass is 9.61. The van der Waals surface area contributed by atoms with E-state index in [0.717, 1.165) is 11.7 Å². The van der Waals surface area contributed by atoms with Gasteiger partial charge in [-0.15, -0.1) is 0 Å². The summed E-state index contributed by atoms with van der Waals surface area (Å²) in [5.74, 6) is 2.44. The molecule has 0 aromatic heterocycles. The zero-order valence-corrected chi connectivity index (χ0v) is 13.6. The van der Waals surface area contributed by atoms with Gasteiger partial charge in [-0.05, 0) is 62.1 Å². The second-order valence-corrected chi connectivity index (χ2v) is 7.03. The van der Waals surface area contributed by atoms with E-state index in [4.69, 9.17) is 9.47 Å². The second-order valence-electron chi connectivity index (χ2n) is 7.03. The fraction of sp³-hybridized carbons (Fsp3) is 0.684. The first kappa shape index (κ1) is 14.9. The molecule has 3 saturated carbocycles. The molecule has 0 N–H and O–H groups in total. The minimum absolute atomic E-state index is 0.138. The van der Waals surface area contributed by atoms with Crippen LogP contribution in [0.25, 0.3) is 0 Å². The number of hydrogen-bond donors (Lipinski definition) is 0. The molecule has 0 aliphatic heterocycles. The quantitative estimate of drug-likeness (QED) is 0.663. The third-order valence-electron chi connectivity index (χ3n) is 5.35. The Morgan fingerprint density at radius 2 is 1.90 bits per heavy atom. The maximum absolute atomic E-state index is 6.23. The molecule has 3 aliphatic rings. The standard InChI is InChI=1S/C19H28O2/c1-4-14(2)17-7-9-18(10-8-17)20-15(3)21-19-11-5-6-16(12-19)13-19/h7-10,14-16H,4-6,11-13H2,1-3H3. The van der Waals surface area contributed by atoms with E-state index in [1.807, 2.05) is 6.92 Å². The van der Waals surface area contributed by atoms with Gasteiger partial charge in [0, 0.05) is 0 Å². The monoisotopic (exact) mass is 288 g/mol. The Labute approximate surface area is 128 Å². The van der Waals surface area contributed by atoms with Crippen LogP contribution in [-0.4, -0.2) is 11.9 Å². The second kappa shape index (κ2) is 6.00. The lowest BCUT2D eigenvalue weighted by molar-refractivity contribution is -0.227.